The van der Waals surface area contributed by atoms with E-state index in [1.165, 1.54) is 35.2 Å². The van der Waals surface area contributed by atoms with Crippen molar-refractivity contribution in [3.8, 4) is 0 Å². The molecule has 1 atom stereocenters. The van der Waals surface area contributed by atoms with E-state index in [1.54, 1.807) is 45.2 Å². The van der Waals surface area contributed by atoms with Gasteiger partial charge in [0.05, 0.1) is 28.9 Å². The molecule has 0 spiro atoms. The van der Waals surface area contributed by atoms with Crippen molar-refractivity contribution in [2.75, 3.05) is 11.9 Å². The number of rotatable bonds is 10. The molecule has 1 aromatic carbocycles. The number of nitrogens with zero attached hydrogens (tertiary/aromatic N) is 1. The fourth-order valence-corrected chi connectivity index (χ4v) is 5.56. The SMILES string of the molecule is CCOC(=O)Cc1csc(SC(C)C(=O)Nc2ccc(S(=O)(=O)NC(C)C)cc2)n1. The molecule has 11 heteroatoms. The number of benzene rings is 1. The number of thiazole rings is 1. The monoisotopic (exact) mass is 471 g/mol. The summed E-state index contributed by atoms with van der Waals surface area (Å²) >= 11 is 2.65. The van der Waals surface area contributed by atoms with E-state index in [0.717, 1.165) is 0 Å². The van der Waals surface area contributed by atoms with Gasteiger partial charge in [-0.3, -0.25) is 9.59 Å². The fourth-order valence-electron chi connectivity index (χ4n) is 2.33. The maximum absolute atomic E-state index is 12.5. The van der Waals surface area contributed by atoms with Crippen LogP contribution in [0.2, 0.25) is 0 Å². The molecule has 0 saturated heterocycles. The molecule has 0 aliphatic heterocycles. The molecule has 2 aromatic rings. The topological polar surface area (TPSA) is 114 Å². The Hall–Kier alpha value is -1.95. The van der Waals surface area contributed by atoms with Crippen LogP contribution < -0.4 is 10.0 Å². The van der Waals surface area contributed by atoms with E-state index >= 15 is 0 Å². The number of sulfonamides is 1. The van der Waals surface area contributed by atoms with Crippen molar-refractivity contribution >= 4 is 50.7 Å². The van der Waals surface area contributed by atoms with Gasteiger partial charge >= 0.3 is 5.97 Å². The van der Waals surface area contributed by atoms with Gasteiger partial charge in [0.15, 0.2) is 4.34 Å². The van der Waals surface area contributed by atoms with Crippen LogP contribution in [-0.2, 0) is 30.8 Å². The number of carbonyl (C=O) groups excluding carboxylic acids is 2. The zero-order chi connectivity index (χ0) is 22.3. The minimum absolute atomic E-state index is 0.104. The van der Waals surface area contributed by atoms with Crippen LogP contribution in [0.25, 0.3) is 0 Å². The molecule has 1 amide bonds. The number of carbonyl (C=O) groups is 2. The maximum Gasteiger partial charge on any atom is 0.311 e. The summed E-state index contributed by atoms with van der Waals surface area (Å²) in [6, 6.07) is 5.77. The summed E-state index contributed by atoms with van der Waals surface area (Å²) in [5.41, 5.74) is 1.11. The Bertz CT molecular complexity index is 972. The first kappa shape index (κ1) is 24.3. The minimum Gasteiger partial charge on any atom is -0.466 e. The number of amides is 1. The Balaban J connectivity index is 1.93. The number of thioether (sulfide) groups is 1. The first-order valence-corrected chi connectivity index (χ1v) is 12.5. The molecule has 0 radical (unpaired) electrons. The van der Waals surface area contributed by atoms with Crippen molar-refractivity contribution in [1.82, 2.24) is 9.71 Å². The number of hydrogen-bond acceptors (Lipinski definition) is 8. The quantitative estimate of drug-likeness (QED) is 0.404. The van der Waals surface area contributed by atoms with Crippen LogP contribution in [0.1, 0.15) is 33.4 Å². The van der Waals surface area contributed by atoms with E-state index in [0.29, 0.717) is 22.3 Å². The highest BCUT2D eigenvalue weighted by Crippen LogP contribution is 2.28. The van der Waals surface area contributed by atoms with Crippen molar-refractivity contribution < 1.29 is 22.7 Å². The lowest BCUT2D eigenvalue weighted by molar-refractivity contribution is -0.142. The average Bonchev–Trinajstić information content (AvgIpc) is 3.07. The molecule has 0 aliphatic rings. The van der Waals surface area contributed by atoms with Gasteiger partial charge in [-0.2, -0.15) is 0 Å². The summed E-state index contributed by atoms with van der Waals surface area (Å²) in [4.78, 5) is 28.5. The molecule has 164 valence electrons. The van der Waals surface area contributed by atoms with Gasteiger partial charge in [-0.15, -0.1) is 11.3 Å². The van der Waals surface area contributed by atoms with Gasteiger partial charge in [0, 0.05) is 17.1 Å². The first-order chi connectivity index (χ1) is 14.1. The van der Waals surface area contributed by atoms with E-state index in [1.807, 2.05) is 0 Å². The Morgan fingerprint density at radius 1 is 1.20 bits per heavy atom. The number of aromatic nitrogens is 1. The van der Waals surface area contributed by atoms with Crippen LogP contribution in [-0.4, -0.2) is 43.2 Å². The smallest absolute Gasteiger partial charge is 0.311 e. The number of nitrogens with one attached hydrogen (secondary N) is 2. The largest absolute Gasteiger partial charge is 0.466 e. The summed E-state index contributed by atoms with van der Waals surface area (Å²) in [5, 5.41) is 4.10. The molecule has 2 N–H and O–H groups in total. The van der Waals surface area contributed by atoms with Gasteiger partial charge in [0.25, 0.3) is 0 Å². The highest BCUT2D eigenvalue weighted by atomic mass is 32.2. The zero-order valence-corrected chi connectivity index (χ0v) is 19.6. The first-order valence-electron chi connectivity index (χ1n) is 9.30. The molecule has 1 aromatic heterocycles. The second-order valence-electron chi connectivity index (χ2n) is 6.64. The fraction of sp³-hybridized carbons (Fsp3) is 0.421. The second kappa shape index (κ2) is 10.9. The molecule has 1 unspecified atom stereocenters. The number of hydrogen-bond donors (Lipinski definition) is 2. The highest BCUT2D eigenvalue weighted by Gasteiger charge is 2.19. The third-order valence-electron chi connectivity index (χ3n) is 3.63. The summed E-state index contributed by atoms with van der Waals surface area (Å²) in [6.07, 6.45) is 0.104. The average molecular weight is 472 g/mol. The molecule has 2 rings (SSSR count). The van der Waals surface area contributed by atoms with Crippen LogP contribution in [0.15, 0.2) is 38.9 Å². The van der Waals surface area contributed by atoms with E-state index in [9.17, 15) is 18.0 Å². The van der Waals surface area contributed by atoms with Crippen LogP contribution in [0.5, 0.6) is 0 Å². The van der Waals surface area contributed by atoms with Crippen molar-refractivity contribution in [2.24, 2.45) is 0 Å². The lowest BCUT2D eigenvalue weighted by Crippen LogP contribution is -2.30. The van der Waals surface area contributed by atoms with Crippen molar-refractivity contribution in [3.63, 3.8) is 0 Å². The summed E-state index contributed by atoms with van der Waals surface area (Å²) in [5.74, 6) is -0.572. The van der Waals surface area contributed by atoms with Crippen LogP contribution in [0.4, 0.5) is 5.69 Å². The minimum atomic E-state index is -3.58. The lowest BCUT2D eigenvalue weighted by atomic mass is 10.3. The molecular formula is C19H25N3O5S3. The maximum atomic E-state index is 12.5. The Morgan fingerprint density at radius 3 is 2.47 bits per heavy atom. The van der Waals surface area contributed by atoms with E-state index in [4.69, 9.17) is 4.74 Å². The predicted molar refractivity (Wildman–Crippen MR) is 118 cm³/mol. The van der Waals surface area contributed by atoms with Crippen molar-refractivity contribution in [3.05, 3.63) is 35.3 Å². The Morgan fingerprint density at radius 2 is 1.87 bits per heavy atom. The van der Waals surface area contributed by atoms with Gasteiger partial charge in [0.2, 0.25) is 15.9 Å². The number of esters is 1. The summed E-state index contributed by atoms with van der Waals surface area (Å²) in [6.45, 7) is 7.30. The summed E-state index contributed by atoms with van der Waals surface area (Å²) < 4.78 is 32.4. The van der Waals surface area contributed by atoms with Crippen molar-refractivity contribution in [1.29, 1.82) is 0 Å². The third-order valence-corrected chi connectivity index (χ3v) is 7.43. The molecule has 0 fully saturated rings. The van der Waals surface area contributed by atoms with E-state index in [2.05, 4.69) is 15.0 Å². The van der Waals surface area contributed by atoms with Gasteiger partial charge in [-0.25, -0.2) is 18.1 Å². The van der Waals surface area contributed by atoms with Crippen LogP contribution in [0, 0.1) is 0 Å². The normalized spacial score (nSPS) is 12.6. The van der Waals surface area contributed by atoms with Gasteiger partial charge in [0.1, 0.15) is 0 Å². The van der Waals surface area contributed by atoms with Gasteiger partial charge < -0.3 is 10.1 Å². The van der Waals surface area contributed by atoms with Crippen LogP contribution in [0.3, 0.4) is 0 Å². The second-order valence-corrected chi connectivity index (χ2v) is 10.8. The zero-order valence-electron chi connectivity index (χ0n) is 17.2. The van der Waals surface area contributed by atoms with Crippen molar-refractivity contribution in [2.45, 2.75) is 54.6 Å². The molecule has 0 saturated carbocycles. The summed E-state index contributed by atoms with van der Waals surface area (Å²) in [7, 11) is -3.58. The Labute approximate surface area is 184 Å². The molecule has 8 nitrogen and oxygen atoms in total. The highest BCUT2D eigenvalue weighted by molar-refractivity contribution is 8.02. The molecule has 0 bridgehead atoms. The molecule has 30 heavy (non-hydrogen) atoms. The van der Waals surface area contributed by atoms with E-state index < -0.39 is 15.3 Å². The standard InChI is InChI=1S/C19H25N3O5S3/c1-5-27-17(23)10-15-11-28-19(21-15)29-13(4)18(24)20-14-6-8-16(9-7-14)30(25,26)22-12(2)3/h6-9,11-13,22H,5,10H2,1-4H3,(H,20,24). The number of anilines is 1. The molecule has 0 aliphatic carbocycles. The number of ether oxygens (including phenoxy) is 1. The van der Waals surface area contributed by atoms with Gasteiger partial charge in [-0.1, -0.05) is 11.8 Å². The predicted octanol–water partition coefficient (Wildman–Crippen LogP) is 3.05. The van der Waals surface area contributed by atoms with Gasteiger partial charge in [-0.05, 0) is 52.0 Å². The van der Waals surface area contributed by atoms with E-state index in [-0.39, 0.29) is 29.2 Å². The lowest BCUT2D eigenvalue weighted by Gasteiger charge is -2.12. The Kier molecular flexibility index (Phi) is 8.83. The molecular weight excluding hydrogens is 446 g/mol. The molecule has 1 heterocycles. The third kappa shape index (κ3) is 7.38. The van der Waals surface area contributed by atoms with Crippen LogP contribution >= 0.6 is 23.1 Å².